The standard InChI is InChI=1S/C11H14N2O6S2/c1-3(14)5-7(15)13-6(10(18)19)11(21-8(5)13)20-2-4(12)9(16)17/h3-5,8,14H,2,12H2,1H3,(H,16,17)(H,18,19)/t3-,4+,5+,8-/m1/s1. The maximum Gasteiger partial charge on any atom is 0.354 e. The minimum Gasteiger partial charge on any atom is -0.480 e. The van der Waals surface area contributed by atoms with Crippen molar-refractivity contribution in [3.63, 3.8) is 0 Å². The summed E-state index contributed by atoms with van der Waals surface area (Å²) in [4.78, 5) is 35.0. The van der Waals surface area contributed by atoms with Crippen molar-refractivity contribution in [1.29, 1.82) is 0 Å². The zero-order valence-corrected chi connectivity index (χ0v) is 12.6. The molecule has 0 bridgehead atoms. The fourth-order valence-corrected chi connectivity index (χ4v) is 4.98. The number of nitrogens with zero attached hydrogens (tertiary/aromatic N) is 1. The van der Waals surface area contributed by atoms with Gasteiger partial charge in [-0.25, -0.2) is 4.79 Å². The Kier molecular flexibility index (Phi) is 4.51. The van der Waals surface area contributed by atoms with Gasteiger partial charge < -0.3 is 21.1 Å². The summed E-state index contributed by atoms with van der Waals surface area (Å²) in [5.41, 5.74) is 5.23. The topological polar surface area (TPSA) is 141 Å². The summed E-state index contributed by atoms with van der Waals surface area (Å²) in [7, 11) is 0. The first kappa shape index (κ1) is 16.1. The molecule has 4 atom stereocenters. The molecule has 0 aromatic rings. The van der Waals surface area contributed by atoms with Crippen molar-refractivity contribution in [1.82, 2.24) is 4.90 Å². The van der Waals surface area contributed by atoms with Crippen LogP contribution in [0.4, 0.5) is 0 Å². The first-order valence-corrected chi connectivity index (χ1v) is 7.88. The van der Waals surface area contributed by atoms with Gasteiger partial charge >= 0.3 is 11.9 Å². The Hall–Kier alpha value is -1.23. The zero-order valence-electron chi connectivity index (χ0n) is 10.9. The fraction of sp³-hybridized carbons (Fsp3) is 0.545. The molecule has 21 heavy (non-hydrogen) atoms. The summed E-state index contributed by atoms with van der Waals surface area (Å²) in [6.07, 6.45) is -0.869. The lowest BCUT2D eigenvalue weighted by Crippen LogP contribution is -2.60. The number of thioether (sulfide) groups is 2. The number of β-lactam (4-membered cyclic amide) rings is 1. The van der Waals surface area contributed by atoms with Crippen LogP contribution in [0.25, 0.3) is 0 Å². The number of hydrogen-bond acceptors (Lipinski definition) is 7. The lowest BCUT2D eigenvalue weighted by Gasteiger charge is -2.43. The molecule has 0 aromatic carbocycles. The van der Waals surface area contributed by atoms with Gasteiger partial charge in [0, 0.05) is 5.75 Å². The van der Waals surface area contributed by atoms with Crippen molar-refractivity contribution in [2.75, 3.05) is 5.75 Å². The minimum atomic E-state index is -1.26. The van der Waals surface area contributed by atoms with Crippen LogP contribution in [0.15, 0.2) is 9.93 Å². The van der Waals surface area contributed by atoms with E-state index in [0.717, 1.165) is 28.4 Å². The average molecular weight is 334 g/mol. The number of aliphatic carboxylic acids is 2. The Morgan fingerprint density at radius 2 is 2.10 bits per heavy atom. The number of carboxylic acid groups (broad SMARTS) is 2. The molecule has 10 heteroatoms. The highest BCUT2D eigenvalue weighted by Crippen LogP contribution is 2.53. The number of rotatable bonds is 6. The third kappa shape index (κ3) is 2.76. The number of aliphatic hydroxyl groups excluding tert-OH is 1. The van der Waals surface area contributed by atoms with Crippen molar-refractivity contribution in [3.8, 4) is 0 Å². The molecular formula is C11H14N2O6S2. The van der Waals surface area contributed by atoms with Crippen LogP contribution in [-0.2, 0) is 14.4 Å². The highest BCUT2D eigenvalue weighted by molar-refractivity contribution is 8.22. The largest absolute Gasteiger partial charge is 0.480 e. The Morgan fingerprint density at radius 3 is 2.57 bits per heavy atom. The molecule has 0 spiro atoms. The number of carbonyl (C=O) groups excluding carboxylic acids is 1. The smallest absolute Gasteiger partial charge is 0.354 e. The highest BCUT2D eigenvalue weighted by atomic mass is 32.2. The van der Waals surface area contributed by atoms with E-state index < -0.39 is 41.3 Å². The number of hydrogen-bond donors (Lipinski definition) is 4. The Bertz CT molecular complexity index is 535. The van der Waals surface area contributed by atoms with E-state index in [1.54, 1.807) is 0 Å². The van der Waals surface area contributed by atoms with Gasteiger partial charge in [0.25, 0.3) is 0 Å². The van der Waals surface area contributed by atoms with E-state index in [1.807, 2.05) is 0 Å². The molecule has 1 amide bonds. The quantitative estimate of drug-likeness (QED) is 0.464. The SMILES string of the molecule is C[C@@H](O)[C@H]1C(=O)N2C(C(=O)O)=C(SC[C@H](N)C(=O)O)S[C@H]12. The van der Waals surface area contributed by atoms with Crippen LogP contribution in [0.1, 0.15) is 6.92 Å². The molecule has 1 saturated heterocycles. The zero-order chi connectivity index (χ0) is 15.9. The summed E-state index contributed by atoms with van der Waals surface area (Å²) in [6, 6.07) is -1.12. The van der Waals surface area contributed by atoms with Gasteiger partial charge in [0.15, 0.2) is 5.70 Å². The Morgan fingerprint density at radius 1 is 1.48 bits per heavy atom. The van der Waals surface area contributed by atoms with Crippen molar-refractivity contribution in [2.45, 2.75) is 24.4 Å². The fourth-order valence-electron chi connectivity index (χ4n) is 2.09. The van der Waals surface area contributed by atoms with E-state index in [1.165, 1.54) is 6.92 Å². The molecule has 0 unspecified atom stereocenters. The number of fused-ring (bicyclic) bond motifs is 1. The van der Waals surface area contributed by atoms with Gasteiger partial charge in [0.05, 0.1) is 16.3 Å². The predicted molar refractivity (Wildman–Crippen MR) is 76.1 cm³/mol. The Labute approximate surface area is 128 Å². The highest BCUT2D eigenvalue weighted by Gasteiger charge is 2.57. The van der Waals surface area contributed by atoms with Crippen molar-refractivity contribution >= 4 is 41.4 Å². The summed E-state index contributed by atoms with van der Waals surface area (Å²) >= 11 is 2.15. The second-order valence-corrected chi connectivity index (χ2v) is 7.10. The molecule has 8 nitrogen and oxygen atoms in total. The normalized spacial score (nSPS) is 27.2. The molecule has 116 valence electrons. The summed E-state index contributed by atoms with van der Waals surface area (Å²) < 4.78 is 0.348. The molecule has 0 aromatic heterocycles. The van der Waals surface area contributed by atoms with Crippen LogP contribution in [0.2, 0.25) is 0 Å². The molecular weight excluding hydrogens is 320 g/mol. The molecule has 0 saturated carbocycles. The van der Waals surface area contributed by atoms with Crippen LogP contribution < -0.4 is 5.73 Å². The number of carboxylic acids is 2. The van der Waals surface area contributed by atoms with Gasteiger partial charge in [-0.05, 0) is 6.92 Å². The first-order chi connectivity index (χ1) is 9.75. The summed E-state index contributed by atoms with van der Waals surface area (Å²) in [6.45, 7) is 1.48. The lowest BCUT2D eigenvalue weighted by molar-refractivity contribution is -0.156. The van der Waals surface area contributed by atoms with Crippen molar-refractivity contribution in [3.05, 3.63) is 9.93 Å². The summed E-state index contributed by atoms with van der Waals surface area (Å²) in [5, 5.41) is 27.1. The van der Waals surface area contributed by atoms with Crippen LogP contribution in [0.5, 0.6) is 0 Å². The van der Waals surface area contributed by atoms with Gasteiger partial charge in [-0.15, -0.1) is 11.8 Å². The maximum absolute atomic E-state index is 11.9. The molecule has 0 radical (unpaired) electrons. The predicted octanol–water partition coefficient (Wildman–Crippen LogP) is -0.703. The second-order valence-electron chi connectivity index (χ2n) is 4.68. The van der Waals surface area contributed by atoms with Gasteiger partial charge in [-0.3, -0.25) is 14.5 Å². The summed E-state index contributed by atoms with van der Waals surface area (Å²) in [5.74, 6) is -3.51. The molecule has 2 heterocycles. The molecule has 5 N–H and O–H groups in total. The lowest BCUT2D eigenvalue weighted by atomic mass is 9.92. The van der Waals surface area contributed by atoms with E-state index in [4.69, 9.17) is 10.8 Å². The molecule has 2 aliphatic heterocycles. The molecule has 1 fully saturated rings. The van der Waals surface area contributed by atoms with Gasteiger partial charge in [-0.2, -0.15) is 0 Å². The molecule has 0 aliphatic carbocycles. The second kappa shape index (κ2) is 5.87. The molecule has 2 rings (SSSR count). The van der Waals surface area contributed by atoms with E-state index in [9.17, 15) is 24.6 Å². The van der Waals surface area contributed by atoms with Crippen LogP contribution in [0.3, 0.4) is 0 Å². The third-order valence-electron chi connectivity index (χ3n) is 3.18. The Balaban J connectivity index is 2.15. The average Bonchev–Trinajstić information content (AvgIpc) is 2.69. The number of carbonyl (C=O) groups is 3. The van der Waals surface area contributed by atoms with E-state index in [-0.39, 0.29) is 11.4 Å². The van der Waals surface area contributed by atoms with Crippen molar-refractivity contribution < 1.29 is 29.7 Å². The van der Waals surface area contributed by atoms with Gasteiger partial charge in [0.2, 0.25) is 5.91 Å². The van der Waals surface area contributed by atoms with Crippen LogP contribution in [0, 0.1) is 5.92 Å². The maximum atomic E-state index is 11.9. The van der Waals surface area contributed by atoms with Crippen LogP contribution in [-0.4, -0.2) is 61.3 Å². The van der Waals surface area contributed by atoms with E-state index in [0.29, 0.717) is 4.24 Å². The van der Waals surface area contributed by atoms with Crippen molar-refractivity contribution in [2.24, 2.45) is 11.7 Å². The molecule has 2 aliphatic rings. The van der Waals surface area contributed by atoms with Gasteiger partial charge in [-0.1, -0.05) is 11.8 Å². The third-order valence-corrected chi connectivity index (χ3v) is 5.96. The number of nitrogens with two attached hydrogens (primary N) is 1. The van der Waals surface area contributed by atoms with Gasteiger partial charge in [0.1, 0.15) is 11.4 Å². The van der Waals surface area contributed by atoms with Crippen LogP contribution >= 0.6 is 23.5 Å². The number of amides is 1. The monoisotopic (exact) mass is 334 g/mol. The number of aliphatic hydroxyl groups is 1. The van der Waals surface area contributed by atoms with E-state index >= 15 is 0 Å². The minimum absolute atomic E-state index is 0.00252. The van der Waals surface area contributed by atoms with E-state index in [2.05, 4.69) is 0 Å². The first-order valence-electron chi connectivity index (χ1n) is 6.02.